The average molecular weight is 179 g/mol. The smallest absolute Gasteiger partial charge is 0.0928 e. The van der Waals surface area contributed by atoms with Crippen LogP contribution in [-0.2, 0) is 0 Å². The number of likely N-dealkylation sites (tertiary alicyclic amines) is 1. The van der Waals surface area contributed by atoms with Crippen LogP contribution in [-0.4, -0.2) is 35.2 Å². The molecule has 0 aromatic carbocycles. The summed E-state index contributed by atoms with van der Waals surface area (Å²) in [5, 5.41) is 9.99. The van der Waals surface area contributed by atoms with Gasteiger partial charge in [-0.25, -0.2) is 0 Å². The third-order valence-electron chi connectivity index (χ3n) is 3.13. The van der Waals surface area contributed by atoms with Gasteiger partial charge in [-0.3, -0.25) is 4.90 Å². The van der Waals surface area contributed by atoms with E-state index in [2.05, 4.69) is 10.8 Å². The summed E-state index contributed by atoms with van der Waals surface area (Å²) in [4.78, 5) is 2.30. The summed E-state index contributed by atoms with van der Waals surface area (Å²) in [6.07, 6.45) is 9.56. The predicted octanol–water partition coefficient (Wildman–Crippen LogP) is 0.857. The molecule has 0 bridgehead atoms. The number of hydrogen-bond donors (Lipinski definition) is 1. The van der Waals surface area contributed by atoms with E-state index in [-0.39, 0.29) is 5.60 Å². The standard InChI is InChI=1S/C11H17NO/c1-2-3-4-7-12-8-11(13,9-12)10-5-6-10/h1,10,13H,3-9H2. The van der Waals surface area contributed by atoms with Crippen molar-refractivity contribution >= 4 is 0 Å². The van der Waals surface area contributed by atoms with Crippen molar-refractivity contribution in [2.75, 3.05) is 19.6 Å². The monoisotopic (exact) mass is 179 g/mol. The Bertz CT molecular complexity index is 221. The van der Waals surface area contributed by atoms with Crippen LogP contribution < -0.4 is 0 Å². The van der Waals surface area contributed by atoms with Gasteiger partial charge in [-0.15, -0.1) is 12.3 Å². The summed E-state index contributed by atoms with van der Waals surface area (Å²) in [6, 6.07) is 0. The molecule has 1 N–H and O–H groups in total. The lowest BCUT2D eigenvalue weighted by atomic mass is 9.88. The second-order valence-electron chi connectivity index (χ2n) is 4.40. The van der Waals surface area contributed by atoms with Gasteiger partial charge >= 0.3 is 0 Å². The third-order valence-corrected chi connectivity index (χ3v) is 3.13. The van der Waals surface area contributed by atoms with Crippen molar-refractivity contribution < 1.29 is 5.11 Å². The van der Waals surface area contributed by atoms with Gasteiger partial charge < -0.3 is 5.11 Å². The zero-order chi connectivity index (χ0) is 9.31. The van der Waals surface area contributed by atoms with E-state index >= 15 is 0 Å². The van der Waals surface area contributed by atoms with Gasteiger partial charge in [-0.2, -0.15) is 0 Å². The Morgan fingerprint density at radius 2 is 2.15 bits per heavy atom. The Morgan fingerprint density at radius 3 is 2.69 bits per heavy atom. The molecule has 2 fully saturated rings. The van der Waals surface area contributed by atoms with E-state index < -0.39 is 0 Å². The molecule has 1 saturated heterocycles. The number of unbranched alkanes of at least 4 members (excludes halogenated alkanes) is 1. The van der Waals surface area contributed by atoms with Gasteiger partial charge in [0.05, 0.1) is 5.60 Å². The second-order valence-corrected chi connectivity index (χ2v) is 4.40. The largest absolute Gasteiger partial charge is 0.387 e. The Kier molecular flexibility index (Phi) is 2.31. The SMILES string of the molecule is C#CCCCN1CC(O)(C2CC2)C1. The van der Waals surface area contributed by atoms with Crippen LogP contribution in [0.4, 0.5) is 0 Å². The summed E-state index contributed by atoms with van der Waals surface area (Å²) in [6.45, 7) is 2.81. The zero-order valence-electron chi connectivity index (χ0n) is 8.00. The first-order chi connectivity index (χ1) is 6.24. The fraction of sp³-hybridized carbons (Fsp3) is 0.818. The fourth-order valence-corrected chi connectivity index (χ4v) is 2.17. The van der Waals surface area contributed by atoms with E-state index in [9.17, 15) is 5.11 Å². The molecule has 2 aliphatic rings. The van der Waals surface area contributed by atoms with Crippen LogP contribution in [0, 0.1) is 18.3 Å². The topological polar surface area (TPSA) is 23.5 Å². The lowest BCUT2D eigenvalue weighted by molar-refractivity contribution is -0.112. The number of rotatable bonds is 4. The average Bonchev–Trinajstić information content (AvgIpc) is 2.83. The van der Waals surface area contributed by atoms with E-state index in [0.717, 1.165) is 32.5 Å². The molecule has 1 aliphatic heterocycles. The molecule has 2 heteroatoms. The van der Waals surface area contributed by atoms with Crippen LogP contribution in [0.25, 0.3) is 0 Å². The predicted molar refractivity (Wildman–Crippen MR) is 52.2 cm³/mol. The minimum absolute atomic E-state index is 0.323. The lowest BCUT2D eigenvalue weighted by Crippen LogP contribution is -2.63. The van der Waals surface area contributed by atoms with Crippen LogP contribution in [0.15, 0.2) is 0 Å². The number of aliphatic hydroxyl groups is 1. The first-order valence-corrected chi connectivity index (χ1v) is 5.13. The normalized spacial score (nSPS) is 26.5. The zero-order valence-corrected chi connectivity index (χ0v) is 8.00. The van der Waals surface area contributed by atoms with Crippen LogP contribution in [0.5, 0.6) is 0 Å². The Morgan fingerprint density at radius 1 is 1.46 bits per heavy atom. The molecule has 1 saturated carbocycles. The molecule has 13 heavy (non-hydrogen) atoms. The van der Waals surface area contributed by atoms with Gasteiger partial charge in [0.15, 0.2) is 0 Å². The minimum atomic E-state index is -0.323. The highest BCUT2D eigenvalue weighted by molar-refractivity contribution is 5.05. The molecule has 0 atom stereocenters. The number of terminal acetylenes is 1. The molecule has 2 nitrogen and oxygen atoms in total. The van der Waals surface area contributed by atoms with E-state index in [1.165, 1.54) is 12.8 Å². The summed E-state index contributed by atoms with van der Waals surface area (Å²) < 4.78 is 0. The molecule has 0 spiro atoms. The van der Waals surface area contributed by atoms with Crippen LogP contribution in [0.2, 0.25) is 0 Å². The van der Waals surface area contributed by atoms with Gasteiger partial charge in [-0.05, 0) is 31.7 Å². The summed E-state index contributed by atoms with van der Waals surface area (Å²) in [5.41, 5.74) is -0.323. The second kappa shape index (κ2) is 3.32. The molecular formula is C11H17NO. The number of nitrogens with zero attached hydrogens (tertiary/aromatic N) is 1. The summed E-state index contributed by atoms with van der Waals surface area (Å²) >= 11 is 0. The first-order valence-electron chi connectivity index (χ1n) is 5.13. The molecule has 72 valence electrons. The molecule has 0 unspecified atom stereocenters. The highest BCUT2D eigenvalue weighted by atomic mass is 16.3. The number of hydrogen-bond acceptors (Lipinski definition) is 2. The quantitative estimate of drug-likeness (QED) is 0.511. The molecular weight excluding hydrogens is 162 g/mol. The maximum absolute atomic E-state index is 9.99. The van der Waals surface area contributed by atoms with Crippen LogP contribution in [0.1, 0.15) is 25.7 Å². The van der Waals surface area contributed by atoms with E-state index in [0.29, 0.717) is 5.92 Å². The van der Waals surface area contributed by atoms with Crippen molar-refractivity contribution in [3.63, 3.8) is 0 Å². The van der Waals surface area contributed by atoms with Gasteiger partial charge in [-0.1, -0.05) is 0 Å². The van der Waals surface area contributed by atoms with Gasteiger partial charge in [0.2, 0.25) is 0 Å². The maximum atomic E-state index is 9.99. The van der Waals surface area contributed by atoms with Crippen LogP contribution in [0.3, 0.4) is 0 Å². The lowest BCUT2D eigenvalue weighted by Gasteiger charge is -2.47. The molecule has 0 radical (unpaired) electrons. The third kappa shape index (κ3) is 1.87. The summed E-state index contributed by atoms with van der Waals surface area (Å²) in [7, 11) is 0. The summed E-state index contributed by atoms with van der Waals surface area (Å²) in [5.74, 6) is 3.25. The molecule has 0 aromatic rings. The van der Waals surface area contributed by atoms with Gasteiger partial charge in [0, 0.05) is 19.5 Å². The van der Waals surface area contributed by atoms with Crippen molar-refractivity contribution in [1.29, 1.82) is 0 Å². The first kappa shape index (κ1) is 9.05. The Labute approximate surface area is 79.9 Å². The molecule has 1 heterocycles. The molecule has 0 aromatic heterocycles. The van der Waals surface area contributed by atoms with Crippen molar-refractivity contribution in [3.8, 4) is 12.3 Å². The van der Waals surface area contributed by atoms with Gasteiger partial charge in [0.1, 0.15) is 0 Å². The van der Waals surface area contributed by atoms with Crippen molar-refractivity contribution in [1.82, 2.24) is 4.90 Å². The van der Waals surface area contributed by atoms with E-state index in [1.807, 2.05) is 0 Å². The van der Waals surface area contributed by atoms with Crippen molar-refractivity contribution in [3.05, 3.63) is 0 Å². The van der Waals surface area contributed by atoms with Crippen molar-refractivity contribution in [2.24, 2.45) is 5.92 Å². The highest BCUT2D eigenvalue weighted by Gasteiger charge is 2.51. The Balaban J connectivity index is 1.64. The van der Waals surface area contributed by atoms with Crippen LogP contribution >= 0.6 is 0 Å². The molecule has 2 rings (SSSR count). The fourth-order valence-electron chi connectivity index (χ4n) is 2.17. The maximum Gasteiger partial charge on any atom is 0.0928 e. The minimum Gasteiger partial charge on any atom is -0.387 e. The van der Waals surface area contributed by atoms with E-state index in [4.69, 9.17) is 6.42 Å². The molecule has 0 amide bonds. The number of β-amino-alcohol motifs (C(OH)–C–C–N with tert-alkyl or cyclic N) is 1. The Hall–Kier alpha value is -0.520. The van der Waals surface area contributed by atoms with E-state index in [1.54, 1.807) is 0 Å². The highest BCUT2D eigenvalue weighted by Crippen LogP contribution is 2.44. The van der Waals surface area contributed by atoms with Crippen molar-refractivity contribution in [2.45, 2.75) is 31.3 Å². The molecule has 1 aliphatic carbocycles. The van der Waals surface area contributed by atoms with Gasteiger partial charge in [0.25, 0.3) is 0 Å².